The smallest absolute Gasteiger partial charge is 0.306 e. The number of carbonyl (C=O) groups excluding carboxylic acids is 3. The summed E-state index contributed by atoms with van der Waals surface area (Å²) < 4.78 is 16.7. The molecule has 0 aliphatic heterocycles. The van der Waals surface area contributed by atoms with Crippen molar-refractivity contribution in [1.29, 1.82) is 0 Å². The van der Waals surface area contributed by atoms with Gasteiger partial charge >= 0.3 is 17.9 Å². The SMILES string of the molecule is CC/C=C\C/C=C\C/C=C\CCCCCCCC(=O)OC[C@H](COC(=O)CCCCCCC/C=C\CCCCCCCC)OC(=O)CCCCCCC/C=C\CCCC. The number of allylic oxidation sites excluding steroid dienone is 10. The minimum absolute atomic E-state index is 0.0876. The Morgan fingerprint density at radius 3 is 1.10 bits per heavy atom. The van der Waals surface area contributed by atoms with Crippen molar-refractivity contribution in [3.05, 3.63) is 60.8 Å². The van der Waals surface area contributed by atoms with E-state index in [1.807, 2.05) is 0 Å². The van der Waals surface area contributed by atoms with Crippen LogP contribution in [0, 0.1) is 0 Å². The van der Waals surface area contributed by atoms with Crippen LogP contribution in [0.5, 0.6) is 0 Å². The molecule has 0 bridgehead atoms. The first-order chi connectivity index (χ1) is 29.0. The summed E-state index contributed by atoms with van der Waals surface area (Å²) >= 11 is 0. The number of unbranched alkanes of at least 4 members (excludes halogenated alkanes) is 23. The van der Waals surface area contributed by atoms with Crippen molar-refractivity contribution in [2.24, 2.45) is 0 Å². The molecule has 59 heavy (non-hydrogen) atoms. The van der Waals surface area contributed by atoms with Crippen molar-refractivity contribution >= 4 is 17.9 Å². The fourth-order valence-corrected chi connectivity index (χ4v) is 6.73. The number of carbonyl (C=O) groups is 3. The molecule has 0 saturated heterocycles. The van der Waals surface area contributed by atoms with E-state index in [1.54, 1.807) is 0 Å². The monoisotopic (exact) mass is 825 g/mol. The van der Waals surface area contributed by atoms with Gasteiger partial charge in [0.25, 0.3) is 0 Å². The van der Waals surface area contributed by atoms with E-state index in [0.29, 0.717) is 19.3 Å². The van der Waals surface area contributed by atoms with E-state index in [2.05, 4.69) is 81.5 Å². The highest BCUT2D eigenvalue weighted by atomic mass is 16.6. The van der Waals surface area contributed by atoms with Gasteiger partial charge in [0.1, 0.15) is 13.2 Å². The molecule has 6 nitrogen and oxygen atoms in total. The third kappa shape index (κ3) is 46.0. The van der Waals surface area contributed by atoms with Gasteiger partial charge in [0, 0.05) is 19.3 Å². The predicted molar refractivity (Wildman–Crippen MR) is 251 cm³/mol. The Morgan fingerprint density at radius 1 is 0.356 bits per heavy atom. The maximum Gasteiger partial charge on any atom is 0.306 e. The van der Waals surface area contributed by atoms with Gasteiger partial charge in [0.2, 0.25) is 0 Å². The zero-order valence-electron chi connectivity index (χ0n) is 38.8. The zero-order chi connectivity index (χ0) is 43.0. The fraction of sp³-hybridized carbons (Fsp3) is 0.755. The number of hydrogen-bond acceptors (Lipinski definition) is 6. The van der Waals surface area contributed by atoms with Crippen molar-refractivity contribution in [2.75, 3.05) is 13.2 Å². The maximum absolute atomic E-state index is 12.7. The molecule has 0 aromatic carbocycles. The zero-order valence-corrected chi connectivity index (χ0v) is 38.8. The molecule has 0 saturated carbocycles. The summed E-state index contributed by atoms with van der Waals surface area (Å²) in [5.41, 5.74) is 0. The van der Waals surface area contributed by atoms with E-state index in [-0.39, 0.29) is 31.1 Å². The van der Waals surface area contributed by atoms with Gasteiger partial charge in [-0.25, -0.2) is 0 Å². The Morgan fingerprint density at radius 2 is 0.678 bits per heavy atom. The highest BCUT2D eigenvalue weighted by Gasteiger charge is 2.19. The predicted octanol–water partition coefficient (Wildman–Crippen LogP) is 16.1. The summed E-state index contributed by atoms with van der Waals surface area (Å²) in [6.45, 7) is 6.45. The number of ether oxygens (including phenoxy) is 3. The second-order valence-electron chi connectivity index (χ2n) is 16.3. The van der Waals surface area contributed by atoms with Crippen LogP contribution in [0.25, 0.3) is 0 Å². The Bertz CT molecular complexity index is 1090. The van der Waals surface area contributed by atoms with Gasteiger partial charge in [0.15, 0.2) is 6.10 Å². The van der Waals surface area contributed by atoms with Gasteiger partial charge in [-0.3, -0.25) is 14.4 Å². The van der Waals surface area contributed by atoms with Crippen LogP contribution in [0.15, 0.2) is 60.8 Å². The van der Waals surface area contributed by atoms with Crippen LogP contribution in [0.2, 0.25) is 0 Å². The molecule has 0 amide bonds. The quantitative estimate of drug-likeness (QED) is 0.0263. The number of rotatable bonds is 44. The Labute approximate surface area is 364 Å². The van der Waals surface area contributed by atoms with E-state index >= 15 is 0 Å². The van der Waals surface area contributed by atoms with E-state index in [1.165, 1.54) is 83.5 Å². The normalized spacial score (nSPS) is 12.5. The van der Waals surface area contributed by atoms with Crippen LogP contribution in [-0.2, 0) is 28.6 Å². The first kappa shape index (κ1) is 56.1. The van der Waals surface area contributed by atoms with Gasteiger partial charge < -0.3 is 14.2 Å². The standard InChI is InChI=1S/C53H92O6/c1-4-7-10-13-16-19-22-24-26-28-31-33-36-39-42-45-51(54)57-48-50(59-53(56)47-44-41-38-35-30-21-18-15-12-9-6-3)49-58-52(55)46-43-40-37-34-32-29-27-25-23-20-17-14-11-8-5-2/h7,10,15-16,18-19,24-27,50H,4-6,8-9,11-14,17,20-23,28-49H2,1-3H3/b10-7-,18-15-,19-16-,26-24-,27-25-/t50-/m1/s1. The van der Waals surface area contributed by atoms with Crippen LogP contribution in [0.1, 0.15) is 239 Å². The molecular weight excluding hydrogens is 733 g/mol. The lowest BCUT2D eigenvalue weighted by Gasteiger charge is -2.18. The minimum Gasteiger partial charge on any atom is -0.462 e. The van der Waals surface area contributed by atoms with E-state index in [4.69, 9.17) is 14.2 Å². The second kappa shape index (κ2) is 47.8. The number of hydrogen-bond donors (Lipinski definition) is 0. The maximum atomic E-state index is 12.7. The van der Waals surface area contributed by atoms with Crippen molar-refractivity contribution in [1.82, 2.24) is 0 Å². The van der Waals surface area contributed by atoms with Crippen LogP contribution in [0.4, 0.5) is 0 Å². The van der Waals surface area contributed by atoms with Gasteiger partial charge in [-0.15, -0.1) is 0 Å². The fourth-order valence-electron chi connectivity index (χ4n) is 6.73. The molecule has 0 fully saturated rings. The average molecular weight is 825 g/mol. The first-order valence-electron chi connectivity index (χ1n) is 24.8. The highest BCUT2D eigenvalue weighted by molar-refractivity contribution is 5.71. The summed E-state index contributed by atoms with van der Waals surface area (Å²) in [6, 6.07) is 0. The van der Waals surface area contributed by atoms with Crippen molar-refractivity contribution in [3.63, 3.8) is 0 Å². The lowest BCUT2D eigenvalue weighted by molar-refractivity contribution is -0.167. The molecule has 0 unspecified atom stereocenters. The molecule has 1 atom stereocenters. The molecule has 0 N–H and O–H groups in total. The molecule has 6 heteroatoms. The Hall–Kier alpha value is -2.89. The highest BCUT2D eigenvalue weighted by Crippen LogP contribution is 2.14. The summed E-state index contributed by atoms with van der Waals surface area (Å²) in [5, 5.41) is 0. The van der Waals surface area contributed by atoms with Gasteiger partial charge in [-0.2, -0.15) is 0 Å². The molecule has 0 aliphatic rings. The summed E-state index contributed by atoms with van der Waals surface area (Å²) in [5.74, 6) is -0.922. The summed E-state index contributed by atoms with van der Waals surface area (Å²) in [7, 11) is 0. The van der Waals surface area contributed by atoms with Gasteiger partial charge in [-0.05, 0) is 96.3 Å². The van der Waals surface area contributed by atoms with Crippen LogP contribution in [-0.4, -0.2) is 37.2 Å². The van der Waals surface area contributed by atoms with Gasteiger partial charge in [0.05, 0.1) is 0 Å². The summed E-state index contributed by atoms with van der Waals surface area (Å²) in [6.07, 6.45) is 57.7. The average Bonchev–Trinajstić information content (AvgIpc) is 3.23. The largest absolute Gasteiger partial charge is 0.462 e. The molecule has 0 heterocycles. The van der Waals surface area contributed by atoms with Gasteiger partial charge in [-0.1, -0.05) is 184 Å². The van der Waals surface area contributed by atoms with Crippen LogP contribution >= 0.6 is 0 Å². The Kier molecular flexibility index (Phi) is 45.4. The lowest BCUT2D eigenvalue weighted by atomic mass is 10.1. The molecular formula is C53H92O6. The molecule has 0 aliphatic carbocycles. The number of esters is 3. The minimum atomic E-state index is -0.787. The van der Waals surface area contributed by atoms with Crippen molar-refractivity contribution in [3.8, 4) is 0 Å². The summed E-state index contributed by atoms with van der Waals surface area (Å²) in [4.78, 5) is 37.9. The molecule has 0 spiro atoms. The molecule has 340 valence electrons. The molecule has 0 radical (unpaired) electrons. The first-order valence-corrected chi connectivity index (χ1v) is 24.8. The van der Waals surface area contributed by atoms with Crippen LogP contribution < -0.4 is 0 Å². The van der Waals surface area contributed by atoms with Crippen molar-refractivity contribution < 1.29 is 28.6 Å². The van der Waals surface area contributed by atoms with Crippen molar-refractivity contribution in [2.45, 2.75) is 245 Å². The van der Waals surface area contributed by atoms with E-state index in [0.717, 1.165) is 116 Å². The van der Waals surface area contributed by atoms with E-state index in [9.17, 15) is 14.4 Å². The van der Waals surface area contributed by atoms with E-state index < -0.39 is 6.10 Å². The Balaban J connectivity index is 4.40. The lowest BCUT2D eigenvalue weighted by Crippen LogP contribution is -2.30. The van der Waals surface area contributed by atoms with Crippen LogP contribution in [0.3, 0.4) is 0 Å². The third-order valence-corrected chi connectivity index (χ3v) is 10.5. The third-order valence-electron chi connectivity index (χ3n) is 10.5. The molecule has 0 aromatic heterocycles. The topological polar surface area (TPSA) is 78.9 Å². The second-order valence-corrected chi connectivity index (χ2v) is 16.3. The molecule has 0 rings (SSSR count). The molecule has 0 aromatic rings.